The number of allylic oxidation sites excluding steroid dienone is 1. The second-order valence-electron chi connectivity index (χ2n) is 2.38. The van der Waals surface area contributed by atoms with E-state index in [0.717, 1.165) is 25.7 Å². The molecule has 2 heteroatoms. The Labute approximate surface area is 67.7 Å². The first kappa shape index (κ1) is 9.99. The molecular weight excluding hydrogens is 148 g/mol. The van der Waals surface area contributed by atoms with E-state index in [1.54, 1.807) is 0 Å². The molecule has 0 radical (unpaired) electrons. The van der Waals surface area contributed by atoms with Gasteiger partial charge in [-0.05, 0) is 19.3 Å². The maximum absolute atomic E-state index is 9.20. The van der Waals surface area contributed by atoms with Crippen LogP contribution in [0.4, 0.5) is 0 Å². The smallest absolute Gasteiger partial charge is 0.0543 e. The molecule has 0 saturated heterocycles. The summed E-state index contributed by atoms with van der Waals surface area (Å²) in [7, 11) is 0. The molecule has 1 atom stereocenters. The molecule has 60 valence electrons. The van der Waals surface area contributed by atoms with Crippen LogP contribution in [0, 0.1) is 0 Å². The first-order valence-corrected chi connectivity index (χ1v) is 4.18. The van der Waals surface area contributed by atoms with E-state index in [1.165, 1.54) is 5.54 Å². The second kappa shape index (κ2) is 7.10. The van der Waals surface area contributed by atoms with E-state index in [4.69, 9.17) is 11.6 Å². The number of halogens is 1. The Morgan fingerprint density at radius 2 is 2.20 bits per heavy atom. The van der Waals surface area contributed by atoms with Gasteiger partial charge in [-0.3, -0.25) is 0 Å². The minimum Gasteiger partial charge on any atom is -0.393 e. The van der Waals surface area contributed by atoms with E-state index >= 15 is 0 Å². The molecule has 0 aliphatic heterocycles. The maximum Gasteiger partial charge on any atom is 0.0543 e. The van der Waals surface area contributed by atoms with E-state index in [2.05, 4.69) is 6.92 Å². The lowest BCUT2D eigenvalue weighted by Gasteiger charge is -2.05. The molecule has 0 aromatic carbocycles. The van der Waals surface area contributed by atoms with Crippen LogP contribution in [0.5, 0.6) is 0 Å². The standard InChI is InChI=1S/C8H15ClO/c1-2-5-8(10)6-3-4-7-9/h4,7-8,10H,2-3,5-6H2,1H3/b7-4+. The molecule has 0 aromatic rings. The fraction of sp³-hybridized carbons (Fsp3) is 0.750. The van der Waals surface area contributed by atoms with Gasteiger partial charge in [0.15, 0.2) is 0 Å². The molecule has 0 saturated carbocycles. The van der Waals surface area contributed by atoms with Crippen molar-refractivity contribution < 1.29 is 5.11 Å². The fourth-order valence-corrected chi connectivity index (χ4v) is 0.955. The fourth-order valence-electron chi connectivity index (χ4n) is 0.829. The Balaban J connectivity index is 3.12. The van der Waals surface area contributed by atoms with Crippen LogP contribution in [-0.4, -0.2) is 11.2 Å². The summed E-state index contributed by atoms with van der Waals surface area (Å²) in [6, 6.07) is 0. The van der Waals surface area contributed by atoms with Crippen molar-refractivity contribution in [2.75, 3.05) is 0 Å². The Hall–Kier alpha value is -0.0100. The highest BCUT2D eigenvalue weighted by atomic mass is 35.5. The van der Waals surface area contributed by atoms with Crippen molar-refractivity contribution in [1.82, 2.24) is 0 Å². The van der Waals surface area contributed by atoms with Gasteiger partial charge >= 0.3 is 0 Å². The Bertz CT molecular complexity index is 91.3. The molecule has 0 aliphatic carbocycles. The minimum absolute atomic E-state index is 0.141. The number of hydrogen-bond donors (Lipinski definition) is 1. The molecule has 0 bridgehead atoms. The van der Waals surface area contributed by atoms with Crippen LogP contribution in [0.25, 0.3) is 0 Å². The zero-order valence-corrected chi connectivity index (χ0v) is 7.14. The van der Waals surface area contributed by atoms with Crippen molar-refractivity contribution >= 4 is 11.6 Å². The Morgan fingerprint density at radius 1 is 1.50 bits per heavy atom. The van der Waals surface area contributed by atoms with E-state index < -0.39 is 0 Å². The summed E-state index contributed by atoms with van der Waals surface area (Å²) in [5, 5.41) is 9.20. The van der Waals surface area contributed by atoms with E-state index in [-0.39, 0.29) is 6.10 Å². The number of aliphatic hydroxyl groups is 1. The summed E-state index contributed by atoms with van der Waals surface area (Å²) in [4.78, 5) is 0. The van der Waals surface area contributed by atoms with Crippen molar-refractivity contribution in [3.05, 3.63) is 11.6 Å². The third kappa shape index (κ3) is 6.12. The highest BCUT2D eigenvalue weighted by Crippen LogP contribution is 2.04. The molecule has 1 nitrogen and oxygen atoms in total. The van der Waals surface area contributed by atoms with Crippen LogP contribution in [0.2, 0.25) is 0 Å². The molecule has 1 unspecified atom stereocenters. The summed E-state index contributed by atoms with van der Waals surface area (Å²) >= 11 is 5.30. The average Bonchev–Trinajstić information content (AvgIpc) is 1.89. The van der Waals surface area contributed by atoms with Gasteiger partial charge < -0.3 is 5.11 Å². The molecular formula is C8H15ClO. The molecule has 0 amide bonds. The van der Waals surface area contributed by atoms with Crippen molar-refractivity contribution in [1.29, 1.82) is 0 Å². The number of hydrogen-bond acceptors (Lipinski definition) is 1. The monoisotopic (exact) mass is 162 g/mol. The highest BCUT2D eigenvalue weighted by molar-refractivity contribution is 6.25. The largest absolute Gasteiger partial charge is 0.393 e. The third-order valence-electron chi connectivity index (χ3n) is 1.38. The highest BCUT2D eigenvalue weighted by Gasteiger charge is 1.98. The van der Waals surface area contributed by atoms with Crippen LogP contribution in [0.15, 0.2) is 11.6 Å². The summed E-state index contributed by atoms with van der Waals surface area (Å²) in [5.74, 6) is 0. The average molecular weight is 163 g/mol. The molecule has 1 N–H and O–H groups in total. The van der Waals surface area contributed by atoms with Gasteiger partial charge in [0.2, 0.25) is 0 Å². The number of aliphatic hydroxyl groups excluding tert-OH is 1. The van der Waals surface area contributed by atoms with Crippen molar-refractivity contribution in [3.63, 3.8) is 0 Å². The summed E-state index contributed by atoms with van der Waals surface area (Å²) in [6.07, 6.45) is 5.38. The first-order valence-electron chi connectivity index (χ1n) is 3.74. The van der Waals surface area contributed by atoms with E-state index in [1.807, 2.05) is 6.08 Å². The summed E-state index contributed by atoms with van der Waals surface area (Å²) in [5.41, 5.74) is 1.50. The van der Waals surface area contributed by atoms with Gasteiger partial charge in [-0.1, -0.05) is 31.0 Å². The predicted octanol–water partition coefficient (Wildman–Crippen LogP) is 2.68. The Kier molecular flexibility index (Phi) is 7.09. The van der Waals surface area contributed by atoms with Gasteiger partial charge in [0, 0.05) is 5.54 Å². The predicted molar refractivity (Wildman–Crippen MR) is 45.1 cm³/mol. The zero-order chi connectivity index (χ0) is 7.82. The molecule has 0 aliphatic rings. The van der Waals surface area contributed by atoms with Crippen molar-refractivity contribution in [2.24, 2.45) is 0 Å². The lowest BCUT2D eigenvalue weighted by atomic mass is 10.1. The number of rotatable bonds is 5. The van der Waals surface area contributed by atoms with Gasteiger partial charge in [-0.2, -0.15) is 0 Å². The van der Waals surface area contributed by atoms with Crippen LogP contribution in [0.1, 0.15) is 32.6 Å². The third-order valence-corrected chi connectivity index (χ3v) is 1.56. The van der Waals surface area contributed by atoms with Crippen molar-refractivity contribution in [2.45, 2.75) is 38.7 Å². The van der Waals surface area contributed by atoms with Gasteiger partial charge in [0.1, 0.15) is 0 Å². The van der Waals surface area contributed by atoms with Crippen molar-refractivity contribution in [3.8, 4) is 0 Å². The van der Waals surface area contributed by atoms with Gasteiger partial charge in [0.25, 0.3) is 0 Å². The first-order chi connectivity index (χ1) is 4.81. The maximum atomic E-state index is 9.20. The second-order valence-corrected chi connectivity index (χ2v) is 2.63. The van der Waals surface area contributed by atoms with Gasteiger partial charge in [0.05, 0.1) is 6.10 Å². The topological polar surface area (TPSA) is 20.2 Å². The van der Waals surface area contributed by atoms with Crippen LogP contribution in [-0.2, 0) is 0 Å². The molecule has 0 heterocycles. The summed E-state index contributed by atoms with van der Waals surface area (Å²) < 4.78 is 0. The van der Waals surface area contributed by atoms with Crippen LogP contribution < -0.4 is 0 Å². The minimum atomic E-state index is -0.141. The SMILES string of the molecule is CCCC(O)CC/C=C/Cl. The Morgan fingerprint density at radius 3 is 2.70 bits per heavy atom. The normalized spacial score (nSPS) is 14.3. The van der Waals surface area contributed by atoms with Gasteiger partial charge in [-0.15, -0.1) is 0 Å². The van der Waals surface area contributed by atoms with E-state index in [9.17, 15) is 5.11 Å². The van der Waals surface area contributed by atoms with Gasteiger partial charge in [-0.25, -0.2) is 0 Å². The lowest BCUT2D eigenvalue weighted by Crippen LogP contribution is -2.04. The molecule has 0 aromatic heterocycles. The molecule has 0 fully saturated rings. The molecule has 0 spiro atoms. The lowest BCUT2D eigenvalue weighted by molar-refractivity contribution is 0.155. The zero-order valence-electron chi connectivity index (χ0n) is 6.39. The molecule has 0 rings (SSSR count). The van der Waals surface area contributed by atoms with E-state index in [0.29, 0.717) is 0 Å². The van der Waals surface area contributed by atoms with Crippen LogP contribution >= 0.6 is 11.6 Å². The van der Waals surface area contributed by atoms with Crippen LogP contribution in [0.3, 0.4) is 0 Å². The quantitative estimate of drug-likeness (QED) is 0.659. The molecule has 10 heavy (non-hydrogen) atoms. The summed E-state index contributed by atoms with van der Waals surface area (Å²) in [6.45, 7) is 2.07.